The van der Waals surface area contributed by atoms with Crippen LogP contribution in [0.15, 0.2) is 6.20 Å². The van der Waals surface area contributed by atoms with Gasteiger partial charge in [-0.1, -0.05) is 0 Å². The Morgan fingerprint density at radius 1 is 1.14 bits per heavy atom. The van der Waals surface area contributed by atoms with E-state index >= 15 is 0 Å². The van der Waals surface area contributed by atoms with Gasteiger partial charge in [0.05, 0.1) is 18.9 Å². The fraction of sp³-hybridized carbons (Fsp3) is 0.684. The van der Waals surface area contributed by atoms with Crippen molar-refractivity contribution in [2.45, 2.75) is 57.7 Å². The Hall–Kier alpha value is -2.58. The topological polar surface area (TPSA) is 114 Å². The van der Waals surface area contributed by atoms with Crippen molar-refractivity contribution in [2.24, 2.45) is 18.9 Å². The monoisotopic (exact) mass is 391 g/mol. The molecule has 3 N–H and O–H groups in total. The predicted octanol–water partition coefficient (Wildman–Crippen LogP) is 0.876. The number of rotatable bonds is 5. The van der Waals surface area contributed by atoms with Crippen LogP contribution in [-0.4, -0.2) is 52.9 Å². The van der Waals surface area contributed by atoms with Gasteiger partial charge in [-0.15, -0.1) is 0 Å². The van der Waals surface area contributed by atoms with E-state index in [2.05, 4.69) is 25.8 Å². The first-order chi connectivity index (χ1) is 13.3. The molecule has 28 heavy (non-hydrogen) atoms. The van der Waals surface area contributed by atoms with Crippen molar-refractivity contribution >= 4 is 17.9 Å². The van der Waals surface area contributed by atoms with E-state index in [4.69, 9.17) is 0 Å². The molecule has 0 radical (unpaired) electrons. The zero-order valence-electron chi connectivity index (χ0n) is 16.8. The third-order valence-electron chi connectivity index (χ3n) is 6.09. The summed E-state index contributed by atoms with van der Waals surface area (Å²) in [7, 11) is 3.09. The maximum absolute atomic E-state index is 12.5. The number of amides is 3. The smallest absolute Gasteiger partial charge is 0.407 e. The lowest BCUT2D eigenvalue weighted by atomic mass is 10.0. The summed E-state index contributed by atoms with van der Waals surface area (Å²) in [6.07, 6.45) is 4.65. The van der Waals surface area contributed by atoms with Crippen LogP contribution in [0.1, 0.15) is 48.7 Å². The number of fused-ring (bicyclic) bond motifs is 1. The Balaban J connectivity index is 1.45. The van der Waals surface area contributed by atoms with E-state index in [0.29, 0.717) is 17.4 Å². The largest absolute Gasteiger partial charge is 0.453 e. The van der Waals surface area contributed by atoms with Crippen molar-refractivity contribution in [3.63, 3.8) is 0 Å². The third kappa shape index (κ3) is 4.28. The Kier molecular flexibility index (Phi) is 5.90. The zero-order valence-corrected chi connectivity index (χ0v) is 16.8. The number of carbonyl (C=O) groups is 3. The van der Waals surface area contributed by atoms with Crippen LogP contribution in [-0.2, 0) is 16.6 Å². The fourth-order valence-corrected chi connectivity index (χ4v) is 4.46. The molecule has 154 valence electrons. The number of methoxy groups -OCH3 is 1. The molecule has 0 aliphatic heterocycles. The SMILES string of the molecule is COC(=O)N[C@@H](C)C(=O)NC1C[C@H]2CC(NC(=O)c3cnn(C)c3C)C[C@H]2C1. The van der Waals surface area contributed by atoms with E-state index in [1.54, 1.807) is 17.8 Å². The highest BCUT2D eigenvalue weighted by Gasteiger charge is 2.42. The van der Waals surface area contributed by atoms with Gasteiger partial charge >= 0.3 is 6.09 Å². The average molecular weight is 391 g/mol. The average Bonchev–Trinajstić information content (AvgIpc) is 3.28. The first kappa shape index (κ1) is 20.2. The van der Waals surface area contributed by atoms with E-state index in [9.17, 15) is 14.4 Å². The van der Waals surface area contributed by atoms with Gasteiger partial charge in [-0.2, -0.15) is 5.10 Å². The third-order valence-corrected chi connectivity index (χ3v) is 6.09. The van der Waals surface area contributed by atoms with Gasteiger partial charge in [0.2, 0.25) is 5.91 Å². The second kappa shape index (κ2) is 8.20. The molecule has 3 amide bonds. The molecule has 1 aromatic rings. The molecule has 1 heterocycles. The molecule has 2 aliphatic rings. The van der Waals surface area contributed by atoms with Crippen LogP contribution in [0.2, 0.25) is 0 Å². The number of aryl methyl sites for hydroxylation is 1. The Bertz CT molecular complexity index is 748. The summed E-state index contributed by atoms with van der Waals surface area (Å²) in [6, 6.07) is -0.358. The molecular formula is C19H29N5O4. The van der Waals surface area contributed by atoms with Gasteiger partial charge in [0.25, 0.3) is 5.91 Å². The minimum absolute atomic E-state index is 0.0665. The highest BCUT2D eigenvalue weighted by molar-refractivity contribution is 5.95. The number of nitrogens with zero attached hydrogens (tertiary/aromatic N) is 2. The number of hydrogen-bond acceptors (Lipinski definition) is 5. The molecule has 2 aliphatic carbocycles. The van der Waals surface area contributed by atoms with E-state index in [-0.39, 0.29) is 23.9 Å². The van der Waals surface area contributed by atoms with Crippen LogP contribution < -0.4 is 16.0 Å². The second-order valence-electron chi connectivity index (χ2n) is 7.96. The molecule has 0 aromatic carbocycles. The Morgan fingerprint density at radius 2 is 1.71 bits per heavy atom. The van der Waals surface area contributed by atoms with Gasteiger partial charge in [0, 0.05) is 24.8 Å². The summed E-state index contributed by atoms with van der Waals surface area (Å²) < 4.78 is 6.21. The standard InChI is InChI=1S/C19H29N5O4/c1-10(21-19(27)28-4)17(25)22-14-5-12-7-15(8-13(12)6-14)23-18(26)16-9-20-24(3)11(16)2/h9-10,12-15H,5-8H2,1-4H3,(H,21,27)(H,22,25)(H,23,26)/t10-,12-,13+,14?,15?/m0/s1. The van der Waals surface area contributed by atoms with Gasteiger partial charge in [-0.05, 0) is 51.4 Å². The van der Waals surface area contributed by atoms with E-state index in [0.717, 1.165) is 31.4 Å². The molecule has 0 saturated heterocycles. The van der Waals surface area contributed by atoms with Crippen molar-refractivity contribution in [1.82, 2.24) is 25.7 Å². The van der Waals surface area contributed by atoms with Gasteiger partial charge in [0.15, 0.2) is 0 Å². The molecule has 2 fully saturated rings. The lowest BCUT2D eigenvalue weighted by molar-refractivity contribution is -0.123. The van der Waals surface area contributed by atoms with Crippen LogP contribution >= 0.6 is 0 Å². The maximum Gasteiger partial charge on any atom is 0.407 e. The predicted molar refractivity (Wildman–Crippen MR) is 102 cm³/mol. The lowest BCUT2D eigenvalue weighted by Gasteiger charge is -2.19. The number of nitrogens with one attached hydrogen (secondary N) is 3. The summed E-state index contributed by atoms with van der Waals surface area (Å²) in [5.41, 5.74) is 1.48. The summed E-state index contributed by atoms with van der Waals surface area (Å²) in [6.45, 7) is 3.52. The highest BCUT2D eigenvalue weighted by atomic mass is 16.5. The second-order valence-corrected chi connectivity index (χ2v) is 7.96. The molecule has 0 spiro atoms. The van der Waals surface area contributed by atoms with Gasteiger partial charge in [0.1, 0.15) is 6.04 Å². The Labute approximate surface area is 164 Å². The lowest BCUT2D eigenvalue weighted by Crippen LogP contribution is -2.47. The van der Waals surface area contributed by atoms with E-state index in [1.807, 2.05) is 14.0 Å². The molecule has 5 atom stereocenters. The first-order valence-corrected chi connectivity index (χ1v) is 9.72. The molecule has 3 rings (SSSR count). The van der Waals surface area contributed by atoms with Crippen LogP contribution in [0.5, 0.6) is 0 Å². The summed E-state index contributed by atoms with van der Waals surface area (Å²) >= 11 is 0. The number of alkyl carbamates (subject to hydrolysis) is 1. The summed E-state index contributed by atoms with van der Waals surface area (Å²) in [5, 5.41) is 12.8. The number of hydrogen-bond donors (Lipinski definition) is 3. The number of ether oxygens (including phenoxy) is 1. The van der Waals surface area contributed by atoms with Crippen molar-refractivity contribution in [3.8, 4) is 0 Å². The van der Waals surface area contributed by atoms with Crippen LogP contribution in [0.25, 0.3) is 0 Å². The van der Waals surface area contributed by atoms with E-state index < -0.39 is 12.1 Å². The number of carbonyl (C=O) groups excluding carboxylic acids is 3. The van der Waals surface area contributed by atoms with Crippen molar-refractivity contribution in [2.75, 3.05) is 7.11 Å². The van der Waals surface area contributed by atoms with Gasteiger partial charge in [-0.3, -0.25) is 14.3 Å². The zero-order chi connectivity index (χ0) is 20.4. The van der Waals surface area contributed by atoms with Gasteiger partial charge in [-0.25, -0.2) is 4.79 Å². The Morgan fingerprint density at radius 3 is 2.21 bits per heavy atom. The van der Waals surface area contributed by atoms with Crippen molar-refractivity contribution < 1.29 is 19.1 Å². The quantitative estimate of drug-likeness (QED) is 0.689. The van der Waals surface area contributed by atoms with Crippen LogP contribution in [0, 0.1) is 18.8 Å². The first-order valence-electron chi connectivity index (χ1n) is 9.72. The number of aromatic nitrogens is 2. The van der Waals surface area contributed by atoms with E-state index in [1.165, 1.54) is 7.11 Å². The molecular weight excluding hydrogens is 362 g/mol. The normalized spacial score (nSPS) is 27.0. The molecule has 2 unspecified atom stereocenters. The van der Waals surface area contributed by atoms with Crippen molar-refractivity contribution in [3.05, 3.63) is 17.5 Å². The van der Waals surface area contributed by atoms with Crippen molar-refractivity contribution in [1.29, 1.82) is 0 Å². The molecule has 1 aromatic heterocycles. The summed E-state index contributed by atoms with van der Waals surface area (Å²) in [5.74, 6) is 0.722. The summed E-state index contributed by atoms with van der Waals surface area (Å²) in [4.78, 5) is 35.9. The molecule has 9 heteroatoms. The highest BCUT2D eigenvalue weighted by Crippen LogP contribution is 2.44. The molecule has 9 nitrogen and oxygen atoms in total. The minimum atomic E-state index is -0.636. The van der Waals surface area contributed by atoms with Gasteiger partial charge < -0.3 is 20.7 Å². The van der Waals surface area contributed by atoms with Crippen LogP contribution in [0.4, 0.5) is 4.79 Å². The molecule has 0 bridgehead atoms. The minimum Gasteiger partial charge on any atom is -0.453 e. The maximum atomic E-state index is 12.5. The van der Waals surface area contributed by atoms with Crippen LogP contribution in [0.3, 0.4) is 0 Å². The molecule has 2 saturated carbocycles. The fourth-order valence-electron chi connectivity index (χ4n) is 4.46.